The van der Waals surface area contributed by atoms with Crippen LogP contribution in [0.3, 0.4) is 0 Å². The molecule has 2 nitrogen and oxygen atoms in total. The van der Waals surface area contributed by atoms with E-state index in [2.05, 4.69) is 29.0 Å². The number of hydrogen-bond donors (Lipinski definition) is 0. The van der Waals surface area contributed by atoms with Crippen LogP contribution in [0.15, 0.2) is 75.4 Å². The first kappa shape index (κ1) is 19.6. The van der Waals surface area contributed by atoms with E-state index < -0.39 is 12.1 Å². The van der Waals surface area contributed by atoms with Gasteiger partial charge in [-0.1, -0.05) is 36.4 Å². The van der Waals surface area contributed by atoms with Gasteiger partial charge in [0.1, 0.15) is 5.75 Å². The maximum Gasteiger partial charge on any atom is 0.491 e. The minimum atomic E-state index is -5.03. The van der Waals surface area contributed by atoms with Crippen molar-refractivity contribution in [2.45, 2.75) is 41.1 Å². The molecule has 29 heavy (non-hydrogen) atoms. The molecule has 0 fully saturated rings. The summed E-state index contributed by atoms with van der Waals surface area (Å²) in [4.78, 5) is 14.7. The Bertz CT molecular complexity index is 1040. The van der Waals surface area contributed by atoms with Crippen LogP contribution in [-0.4, -0.2) is 12.1 Å². The van der Waals surface area contributed by atoms with E-state index in [0.29, 0.717) is 11.1 Å². The predicted octanol–water partition coefficient (Wildman–Crippen LogP) is 5.77. The quantitative estimate of drug-likeness (QED) is 0.236. The van der Waals surface area contributed by atoms with E-state index in [1.54, 1.807) is 13.8 Å². The number of aryl methyl sites for hydroxylation is 2. The zero-order chi connectivity index (χ0) is 20.8. The average Bonchev–Trinajstić information content (AvgIpc) is 2.67. The molecule has 0 saturated heterocycles. The van der Waals surface area contributed by atoms with Gasteiger partial charge in [0.25, 0.3) is 0 Å². The van der Waals surface area contributed by atoms with Crippen molar-refractivity contribution >= 4 is 16.9 Å². The summed E-state index contributed by atoms with van der Waals surface area (Å²) < 4.78 is 42.5. The van der Waals surface area contributed by atoms with Crippen molar-refractivity contribution in [3.05, 3.63) is 82.9 Å². The topological polar surface area (TPSA) is 26.3 Å². The van der Waals surface area contributed by atoms with Crippen LogP contribution >= 0.6 is 0 Å². The zero-order valence-corrected chi connectivity index (χ0v) is 16.7. The Labute approximate surface area is 169 Å². The second-order valence-corrected chi connectivity index (χ2v) is 8.94. The molecule has 0 aromatic heterocycles. The Morgan fingerprint density at radius 2 is 1.38 bits per heavy atom. The van der Waals surface area contributed by atoms with Gasteiger partial charge in [0.2, 0.25) is 0 Å². The number of hydrogen-bond acceptors (Lipinski definition) is 2. The molecule has 0 atom stereocenters. The number of alkyl halides is 3. The van der Waals surface area contributed by atoms with Gasteiger partial charge < -0.3 is 4.74 Å². The van der Waals surface area contributed by atoms with Gasteiger partial charge in [-0.15, -0.1) is 0 Å². The summed E-state index contributed by atoms with van der Waals surface area (Å²) in [5.41, 5.74) is 3.51. The van der Waals surface area contributed by atoms with Crippen LogP contribution in [0.1, 0.15) is 22.3 Å². The van der Waals surface area contributed by atoms with Crippen LogP contribution in [0.4, 0.5) is 13.2 Å². The molecule has 0 amide bonds. The number of ether oxygens (including phenoxy) is 1. The number of esters is 1. The lowest BCUT2D eigenvalue weighted by Crippen LogP contribution is -2.28. The lowest BCUT2D eigenvalue weighted by atomic mass is 10.0. The predicted molar refractivity (Wildman–Crippen MR) is 105 cm³/mol. The van der Waals surface area contributed by atoms with E-state index in [0.717, 1.165) is 11.3 Å². The Kier molecular flexibility index (Phi) is 4.90. The maximum absolute atomic E-state index is 12.6. The fourth-order valence-corrected chi connectivity index (χ4v) is 6.18. The molecule has 1 aliphatic rings. The third-order valence-electron chi connectivity index (χ3n) is 4.86. The van der Waals surface area contributed by atoms with Crippen LogP contribution in [-0.2, 0) is 22.1 Å². The maximum atomic E-state index is 12.6. The van der Waals surface area contributed by atoms with Gasteiger partial charge in [0.15, 0.2) is 14.7 Å². The molecular weight excluding hydrogens is 397 g/mol. The number of rotatable bonds is 2. The summed E-state index contributed by atoms with van der Waals surface area (Å²) in [6.07, 6.45) is -4.17. The van der Waals surface area contributed by atoms with E-state index in [1.165, 1.54) is 20.9 Å². The van der Waals surface area contributed by atoms with Gasteiger partial charge in [0.05, 0.1) is 10.9 Å². The minimum Gasteiger partial charge on any atom is -0.419 e. The Balaban J connectivity index is 1.81. The molecule has 6 heteroatoms. The number of halogens is 3. The first-order chi connectivity index (χ1) is 13.8. The third kappa shape index (κ3) is 3.65. The highest BCUT2D eigenvalue weighted by Crippen LogP contribution is 2.42. The van der Waals surface area contributed by atoms with E-state index in [9.17, 15) is 18.0 Å². The first-order valence-electron chi connectivity index (χ1n) is 9.06. The molecule has 0 saturated carbocycles. The van der Waals surface area contributed by atoms with Crippen LogP contribution in [0.25, 0.3) is 0 Å². The fourth-order valence-electron chi connectivity index (χ4n) is 3.62. The third-order valence-corrected chi connectivity index (χ3v) is 7.25. The first-order valence-corrected chi connectivity index (χ1v) is 10.3. The Morgan fingerprint density at radius 1 is 0.897 bits per heavy atom. The highest BCUT2D eigenvalue weighted by molar-refractivity contribution is 7.97. The number of benzene rings is 3. The second-order valence-electron chi connectivity index (χ2n) is 6.97. The highest BCUT2D eigenvalue weighted by Gasteiger charge is 2.42. The molecular formula is C23H18F3O2S+. The van der Waals surface area contributed by atoms with Gasteiger partial charge in [0, 0.05) is 29.7 Å². The molecule has 1 heterocycles. The summed E-state index contributed by atoms with van der Waals surface area (Å²) in [6.45, 7) is 3.33. The van der Waals surface area contributed by atoms with E-state index in [4.69, 9.17) is 0 Å². The number of carbonyl (C=O) groups is 1. The zero-order valence-electron chi connectivity index (χ0n) is 15.8. The summed E-state index contributed by atoms with van der Waals surface area (Å²) in [5.74, 6) is -2.23. The van der Waals surface area contributed by atoms with E-state index in [1.807, 2.05) is 36.4 Å². The van der Waals surface area contributed by atoms with Gasteiger partial charge in [-0.25, -0.2) is 4.79 Å². The molecule has 4 rings (SSSR count). The molecule has 0 aliphatic carbocycles. The molecule has 0 N–H and O–H groups in total. The van der Waals surface area contributed by atoms with Crippen molar-refractivity contribution in [3.63, 3.8) is 0 Å². The Hall–Kier alpha value is -2.73. The average molecular weight is 415 g/mol. The smallest absolute Gasteiger partial charge is 0.419 e. The Morgan fingerprint density at radius 3 is 1.86 bits per heavy atom. The molecule has 0 bridgehead atoms. The van der Waals surface area contributed by atoms with Crippen molar-refractivity contribution in [3.8, 4) is 5.75 Å². The van der Waals surface area contributed by atoms with Crippen LogP contribution < -0.4 is 4.74 Å². The van der Waals surface area contributed by atoms with Crippen molar-refractivity contribution in [1.82, 2.24) is 0 Å². The SMILES string of the molecule is Cc1cc([S+]2c3ccccc3Cc3ccccc32)cc(C)c1OC(=O)C(F)(F)F. The van der Waals surface area contributed by atoms with Gasteiger partial charge in [-0.3, -0.25) is 0 Å². The summed E-state index contributed by atoms with van der Waals surface area (Å²) in [7, 11) is -0.379. The summed E-state index contributed by atoms with van der Waals surface area (Å²) in [5, 5.41) is 0. The van der Waals surface area contributed by atoms with Gasteiger partial charge in [-0.2, -0.15) is 13.2 Å². The molecule has 3 aromatic carbocycles. The molecule has 0 unspecified atom stereocenters. The highest BCUT2D eigenvalue weighted by atomic mass is 32.2. The fraction of sp³-hybridized carbons (Fsp3) is 0.174. The summed E-state index contributed by atoms with van der Waals surface area (Å²) in [6, 6.07) is 20.1. The van der Waals surface area contributed by atoms with Crippen LogP contribution in [0.5, 0.6) is 5.75 Å². The number of carbonyl (C=O) groups excluding carboxylic acids is 1. The molecule has 148 valence electrons. The second kappa shape index (κ2) is 7.26. The van der Waals surface area contributed by atoms with Gasteiger partial charge in [-0.05, 0) is 37.1 Å². The van der Waals surface area contributed by atoms with Crippen molar-refractivity contribution in [2.24, 2.45) is 0 Å². The standard InChI is InChI=1S/C23H18F3O2S/c1-14-11-18(12-15(2)21(14)28-22(27)23(24,25)26)29-19-9-5-3-7-16(19)13-17-8-4-6-10-20(17)29/h3-12H,13H2,1-2H3/q+1. The minimum absolute atomic E-state index is 0.0294. The lowest BCUT2D eigenvalue weighted by Gasteiger charge is -2.20. The monoisotopic (exact) mass is 415 g/mol. The molecule has 1 aliphatic heterocycles. The molecule has 0 radical (unpaired) electrons. The molecule has 3 aromatic rings. The number of fused-ring (bicyclic) bond motifs is 2. The summed E-state index contributed by atoms with van der Waals surface area (Å²) >= 11 is 0. The van der Waals surface area contributed by atoms with Crippen molar-refractivity contribution in [1.29, 1.82) is 0 Å². The van der Waals surface area contributed by atoms with Crippen molar-refractivity contribution < 1.29 is 22.7 Å². The van der Waals surface area contributed by atoms with Crippen LogP contribution in [0, 0.1) is 13.8 Å². The van der Waals surface area contributed by atoms with Gasteiger partial charge >= 0.3 is 12.1 Å². The lowest BCUT2D eigenvalue weighted by molar-refractivity contribution is -0.189. The van der Waals surface area contributed by atoms with E-state index >= 15 is 0 Å². The largest absolute Gasteiger partial charge is 0.491 e. The normalized spacial score (nSPS) is 13.6. The van der Waals surface area contributed by atoms with Crippen LogP contribution in [0.2, 0.25) is 0 Å². The van der Waals surface area contributed by atoms with E-state index in [-0.39, 0.29) is 16.6 Å². The van der Waals surface area contributed by atoms with Crippen molar-refractivity contribution in [2.75, 3.05) is 0 Å². The molecule has 0 spiro atoms.